The second-order valence-electron chi connectivity index (χ2n) is 11.4. The van der Waals surface area contributed by atoms with Crippen LogP contribution in [0.3, 0.4) is 0 Å². The molecule has 0 fully saturated rings. The number of nitrogens with zero attached hydrogens (tertiary/aromatic N) is 4. The molecule has 0 saturated heterocycles. The normalized spacial score (nSPS) is 11.0. The fraction of sp³-hybridized carbons (Fsp3) is 0.0476. The van der Waals surface area contributed by atoms with Crippen molar-refractivity contribution in [2.45, 2.75) is 13.8 Å². The molecule has 5 aromatic heterocycles. The van der Waals surface area contributed by atoms with E-state index in [9.17, 15) is 0 Å². The molecule has 0 atom stereocenters. The largest absolute Gasteiger partial charge is 0.498 e. The molecule has 9 rings (SSSR count). The van der Waals surface area contributed by atoms with Crippen LogP contribution in [0.15, 0.2) is 138 Å². The van der Waals surface area contributed by atoms with E-state index in [1.165, 1.54) is 5.56 Å². The molecule has 0 bridgehead atoms. The number of fused-ring (bicyclic) bond motifs is 6. The van der Waals surface area contributed by atoms with Crippen molar-refractivity contribution in [3.63, 3.8) is 0 Å². The summed E-state index contributed by atoms with van der Waals surface area (Å²) < 4.78 is 6.49. The van der Waals surface area contributed by atoms with Crippen LogP contribution in [0.2, 0.25) is 0 Å². The molecule has 0 amide bonds. The molecule has 5 nitrogen and oxygen atoms in total. The third-order valence-electron chi connectivity index (χ3n) is 8.43. The molecule has 9 aromatic rings. The molecule has 0 aliphatic carbocycles. The molecule has 48 heavy (non-hydrogen) atoms. The topological polar surface area (TPSA) is 64.7 Å². The smallest absolute Gasteiger partial charge is 0.147 e. The predicted molar refractivity (Wildman–Crippen MR) is 190 cm³/mol. The van der Waals surface area contributed by atoms with Crippen molar-refractivity contribution in [2.75, 3.05) is 0 Å². The molecule has 233 valence electrons. The maximum Gasteiger partial charge on any atom is 0.147 e. The third kappa shape index (κ3) is 5.77. The quantitative estimate of drug-likeness (QED) is 0.167. The Labute approximate surface area is 291 Å². The van der Waals surface area contributed by atoms with Crippen LogP contribution in [-0.2, 0) is 20.1 Å². The van der Waals surface area contributed by atoms with E-state index in [4.69, 9.17) is 14.4 Å². The van der Waals surface area contributed by atoms with Crippen LogP contribution < -0.4 is 0 Å². The average molecular weight is 797 g/mol. The van der Waals surface area contributed by atoms with Crippen LogP contribution in [0.4, 0.5) is 0 Å². The van der Waals surface area contributed by atoms with Crippen molar-refractivity contribution in [2.24, 2.45) is 0 Å². The number of pyridine rings is 4. The first-order valence-corrected chi connectivity index (χ1v) is 15.5. The summed E-state index contributed by atoms with van der Waals surface area (Å²) in [6.07, 6.45) is 5.47. The molecule has 0 aliphatic rings. The van der Waals surface area contributed by atoms with Crippen LogP contribution in [0.1, 0.15) is 11.3 Å². The first-order valence-electron chi connectivity index (χ1n) is 15.5. The van der Waals surface area contributed by atoms with Crippen LogP contribution in [0, 0.1) is 26.0 Å². The van der Waals surface area contributed by atoms with Gasteiger partial charge in [-0.3, -0.25) is 4.98 Å². The zero-order valence-corrected chi connectivity index (χ0v) is 28.6. The van der Waals surface area contributed by atoms with Gasteiger partial charge in [-0.05, 0) is 72.3 Å². The van der Waals surface area contributed by atoms with Crippen LogP contribution in [0.25, 0.3) is 77.4 Å². The molecule has 1 radical (unpaired) electrons. The minimum Gasteiger partial charge on any atom is -0.498 e. The van der Waals surface area contributed by atoms with Gasteiger partial charge in [0.2, 0.25) is 0 Å². The SMILES string of the molecule is Cc1ccc2ccc3c4cc[c-]c(-c5cc(-c6ccc7ncccc7c6C)ccn5)c4oc3c2n1.[Ir].[c-]1ccccc1-c1ccccn1. The summed E-state index contributed by atoms with van der Waals surface area (Å²) in [5.41, 5.74) is 11.6. The minimum absolute atomic E-state index is 0. The third-order valence-corrected chi connectivity index (χ3v) is 8.43. The number of furan rings is 1. The van der Waals surface area contributed by atoms with E-state index in [0.29, 0.717) is 0 Å². The van der Waals surface area contributed by atoms with Gasteiger partial charge in [0.15, 0.2) is 0 Å². The average Bonchev–Trinajstić information content (AvgIpc) is 3.53. The monoisotopic (exact) mass is 797 g/mol. The number of hydrogen-bond donors (Lipinski definition) is 0. The Bertz CT molecular complexity index is 2510. The number of aryl methyl sites for hydroxylation is 2. The molecule has 5 heterocycles. The summed E-state index contributed by atoms with van der Waals surface area (Å²) in [7, 11) is 0. The van der Waals surface area contributed by atoms with Gasteiger partial charge in [0.05, 0.1) is 11.1 Å². The second kappa shape index (κ2) is 13.3. The van der Waals surface area contributed by atoms with Crippen LogP contribution in [-0.4, -0.2) is 19.9 Å². The van der Waals surface area contributed by atoms with Crippen molar-refractivity contribution < 1.29 is 24.5 Å². The first-order chi connectivity index (χ1) is 23.1. The fourth-order valence-corrected chi connectivity index (χ4v) is 6.09. The summed E-state index contributed by atoms with van der Waals surface area (Å²) >= 11 is 0. The zero-order chi connectivity index (χ0) is 31.7. The Morgan fingerprint density at radius 3 is 2.29 bits per heavy atom. The Balaban J connectivity index is 0.000000237. The van der Waals surface area contributed by atoms with Gasteiger partial charge in [-0.25, -0.2) is 4.98 Å². The molecule has 0 aliphatic heterocycles. The van der Waals surface area contributed by atoms with E-state index in [0.717, 1.165) is 83.1 Å². The van der Waals surface area contributed by atoms with Gasteiger partial charge in [0.25, 0.3) is 0 Å². The molecule has 0 N–H and O–H groups in total. The van der Waals surface area contributed by atoms with E-state index in [2.05, 4.69) is 77.6 Å². The molecule has 4 aromatic carbocycles. The summed E-state index contributed by atoms with van der Waals surface area (Å²) in [6.45, 7) is 4.14. The number of benzene rings is 4. The van der Waals surface area contributed by atoms with Crippen molar-refractivity contribution in [1.29, 1.82) is 0 Å². The van der Waals surface area contributed by atoms with Gasteiger partial charge in [0, 0.05) is 60.5 Å². The van der Waals surface area contributed by atoms with Gasteiger partial charge in [-0.15, -0.1) is 54.1 Å². The predicted octanol–water partition coefficient (Wildman–Crippen LogP) is 10.4. The summed E-state index contributed by atoms with van der Waals surface area (Å²) in [5, 5.41) is 4.31. The Morgan fingerprint density at radius 1 is 0.604 bits per heavy atom. The van der Waals surface area contributed by atoms with E-state index in [1.54, 1.807) is 6.20 Å². The van der Waals surface area contributed by atoms with Crippen molar-refractivity contribution in [3.05, 3.63) is 157 Å². The standard InChI is InChI=1S/C31H20N3O.C11H8N.Ir/c1-18-8-9-20-10-11-25-24-5-3-6-26(30(24)35-31(25)29(20)34-18)28-17-21(14-16-33-28)22-12-13-27-23(19(22)2)7-4-15-32-27;1-2-6-10(7-3-1)11-8-4-5-9-12-11;/h3-5,7-17H,1-2H3;1-6,8-9H;/q2*-1;. The summed E-state index contributed by atoms with van der Waals surface area (Å²) in [4.78, 5) is 18.2. The molecule has 0 spiro atoms. The van der Waals surface area contributed by atoms with Gasteiger partial charge < -0.3 is 14.4 Å². The van der Waals surface area contributed by atoms with Gasteiger partial charge in [-0.2, -0.15) is 0 Å². The van der Waals surface area contributed by atoms with Gasteiger partial charge >= 0.3 is 0 Å². The zero-order valence-electron chi connectivity index (χ0n) is 26.2. The minimum atomic E-state index is 0. The molecule has 6 heteroatoms. The molecule has 0 unspecified atom stereocenters. The van der Waals surface area contributed by atoms with E-state index in [-0.39, 0.29) is 20.1 Å². The fourth-order valence-electron chi connectivity index (χ4n) is 6.09. The first kappa shape index (κ1) is 31.1. The van der Waals surface area contributed by atoms with Gasteiger partial charge in [-0.1, -0.05) is 59.5 Å². The maximum atomic E-state index is 6.49. The summed E-state index contributed by atoms with van der Waals surface area (Å²) in [5.74, 6) is 0. The van der Waals surface area contributed by atoms with Crippen molar-refractivity contribution in [1.82, 2.24) is 19.9 Å². The second-order valence-corrected chi connectivity index (χ2v) is 11.4. The Morgan fingerprint density at radius 2 is 1.44 bits per heavy atom. The summed E-state index contributed by atoms with van der Waals surface area (Å²) in [6, 6.07) is 45.0. The van der Waals surface area contributed by atoms with E-state index in [1.807, 2.05) is 86.0 Å². The van der Waals surface area contributed by atoms with E-state index >= 15 is 0 Å². The molecular formula is C42H28IrN4O-2. The van der Waals surface area contributed by atoms with Crippen molar-refractivity contribution >= 4 is 43.7 Å². The van der Waals surface area contributed by atoms with Crippen LogP contribution >= 0.6 is 0 Å². The van der Waals surface area contributed by atoms with Crippen LogP contribution in [0.5, 0.6) is 0 Å². The van der Waals surface area contributed by atoms with Crippen molar-refractivity contribution in [3.8, 4) is 33.6 Å². The van der Waals surface area contributed by atoms with Gasteiger partial charge in [0.1, 0.15) is 11.1 Å². The Hall–Kier alpha value is -5.55. The number of hydrogen-bond acceptors (Lipinski definition) is 5. The van der Waals surface area contributed by atoms with E-state index < -0.39 is 0 Å². The maximum absolute atomic E-state index is 6.49. The Kier molecular flexibility index (Phi) is 8.60. The molecule has 0 saturated carbocycles. The number of aromatic nitrogens is 4. The molecular weight excluding hydrogens is 769 g/mol. The number of rotatable bonds is 3.